The SMILES string of the molecule is CN=C(NC)NCCCN1CC(C)CC(C)C1. The Balaban J connectivity index is 2.14. The lowest BCUT2D eigenvalue weighted by Crippen LogP contribution is -2.41. The van der Waals surface area contributed by atoms with E-state index in [1.54, 1.807) is 7.05 Å². The second-order valence-electron chi connectivity index (χ2n) is 5.31. The number of likely N-dealkylation sites (tertiary alicyclic amines) is 1. The van der Waals surface area contributed by atoms with Crippen LogP contribution in [-0.4, -0.2) is 51.1 Å². The van der Waals surface area contributed by atoms with Crippen LogP contribution in [0, 0.1) is 11.8 Å². The maximum Gasteiger partial charge on any atom is 0.190 e. The number of piperidine rings is 1. The molecule has 2 atom stereocenters. The molecular formula is C13H28N4. The molecule has 100 valence electrons. The van der Waals surface area contributed by atoms with Gasteiger partial charge in [0.2, 0.25) is 0 Å². The van der Waals surface area contributed by atoms with Crippen molar-refractivity contribution in [3.8, 4) is 0 Å². The summed E-state index contributed by atoms with van der Waals surface area (Å²) in [6.07, 6.45) is 2.57. The number of nitrogens with zero attached hydrogens (tertiary/aromatic N) is 2. The topological polar surface area (TPSA) is 39.7 Å². The molecule has 2 unspecified atom stereocenters. The first kappa shape index (κ1) is 14.3. The number of nitrogens with one attached hydrogen (secondary N) is 2. The van der Waals surface area contributed by atoms with E-state index in [1.807, 2.05) is 7.05 Å². The lowest BCUT2D eigenvalue weighted by atomic mass is 9.92. The molecule has 1 aliphatic rings. The van der Waals surface area contributed by atoms with Gasteiger partial charge in [-0.2, -0.15) is 0 Å². The standard InChI is InChI=1S/C13H28N4/c1-11-8-12(2)10-17(9-11)7-5-6-16-13(14-3)15-4/h11-12H,5-10H2,1-4H3,(H2,14,15,16). The molecule has 1 saturated heterocycles. The Morgan fingerprint density at radius 1 is 1.29 bits per heavy atom. The summed E-state index contributed by atoms with van der Waals surface area (Å²) in [7, 11) is 3.69. The fraction of sp³-hybridized carbons (Fsp3) is 0.923. The maximum absolute atomic E-state index is 4.10. The third-order valence-electron chi connectivity index (χ3n) is 3.35. The molecule has 0 radical (unpaired) electrons. The van der Waals surface area contributed by atoms with Gasteiger partial charge in [-0.05, 0) is 31.2 Å². The lowest BCUT2D eigenvalue weighted by molar-refractivity contribution is 0.140. The largest absolute Gasteiger partial charge is 0.359 e. The van der Waals surface area contributed by atoms with E-state index < -0.39 is 0 Å². The monoisotopic (exact) mass is 240 g/mol. The normalized spacial score (nSPS) is 26.9. The molecule has 1 heterocycles. The highest BCUT2D eigenvalue weighted by atomic mass is 15.2. The van der Waals surface area contributed by atoms with Crippen molar-refractivity contribution in [1.29, 1.82) is 0 Å². The summed E-state index contributed by atoms with van der Waals surface area (Å²) in [5, 5.41) is 6.32. The van der Waals surface area contributed by atoms with Crippen LogP contribution in [0.15, 0.2) is 4.99 Å². The second-order valence-corrected chi connectivity index (χ2v) is 5.31. The van der Waals surface area contributed by atoms with Crippen molar-refractivity contribution in [2.24, 2.45) is 16.8 Å². The Kier molecular flexibility index (Phi) is 6.34. The number of hydrogen-bond donors (Lipinski definition) is 2. The minimum Gasteiger partial charge on any atom is -0.359 e. The summed E-state index contributed by atoms with van der Waals surface area (Å²) in [5.41, 5.74) is 0. The van der Waals surface area contributed by atoms with Crippen LogP contribution in [0.1, 0.15) is 26.7 Å². The van der Waals surface area contributed by atoms with Crippen LogP contribution in [0.5, 0.6) is 0 Å². The van der Waals surface area contributed by atoms with Crippen LogP contribution in [0.25, 0.3) is 0 Å². The highest BCUT2D eigenvalue weighted by molar-refractivity contribution is 5.79. The van der Waals surface area contributed by atoms with Crippen molar-refractivity contribution < 1.29 is 0 Å². The molecule has 0 aromatic rings. The summed E-state index contributed by atoms with van der Waals surface area (Å²) < 4.78 is 0. The summed E-state index contributed by atoms with van der Waals surface area (Å²) in [6.45, 7) is 9.46. The zero-order valence-corrected chi connectivity index (χ0v) is 11.8. The van der Waals surface area contributed by atoms with Gasteiger partial charge in [-0.25, -0.2) is 0 Å². The fourth-order valence-corrected chi connectivity index (χ4v) is 2.76. The Hall–Kier alpha value is -0.770. The molecule has 1 rings (SSSR count). The van der Waals surface area contributed by atoms with Gasteiger partial charge < -0.3 is 15.5 Å². The average molecular weight is 240 g/mol. The third kappa shape index (κ3) is 5.39. The average Bonchev–Trinajstić information content (AvgIpc) is 2.28. The molecule has 0 aromatic heterocycles. The molecule has 0 amide bonds. The number of aliphatic imine (C=N–C) groups is 1. The molecule has 0 saturated carbocycles. The number of hydrogen-bond acceptors (Lipinski definition) is 2. The zero-order chi connectivity index (χ0) is 12.7. The second kappa shape index (κ2) is 7.54. The Morgan fingerprint density at radius 2 is 1.94 bits per heavy atom. The molecule has 4 heteroatoms. The van der Waals surface area contributed by atoms with Crippen molar-refractivity contribution >= 4 is 5.96 Å². The van der Waals surface area contributed by atoms with E-state index in [0.29, 0.717) is 0 Å². The van der Waals surface area contributed by atoms with Crippen molar-refractivity contribution in [2.75, 3.05) is 40.3 Å². The van der Waals surface area contributed by atoms with E-state index in [1.165, 1.54) is 32.5 Å². The van der Waals surface area contributed by atoms with Gasteiger partial charge in [-0.15, -0.1) is 0 Å². The Bertz CT molecular complexity index is 230. The summed E-state index contributed by atoms with van der Waals surface area (Å²) in [4.78, 5) is 6.70. The molecule has 4 nitrogen and oxygen atoms in total. The molecule has 2 N–H and O–H groups in total. The van der Waals surface area contributed by atoms with Gasteiger partial charge >= 0.3 is 0 Å². The van der Waals surface area contributed by atoms with Crippen LogP contribution in [0.2, 0.25) is 0 Å². The summed E-state index contributed by atoms with van der Waals surface area (Å²) in [6, 6.07) is 0. The smallest absolute Gasteiger partial charge is 0.190 e. The maximum atomic E-state index is 4.10. The highest BCUT2D eigenvalue weighted by Crippen LogP contribution is 2.20. The van der Waals surface area contributed by atoms with E-state index in [9.17, 15) is 0 Å². The van der Waals surface area contributed by atoms with E-state index in [4.69, 9.17) is 0 Å². The minimum atomic E-state index is 0.858. The van der Waals surface area contributed by atoms with Crippen LogP contribution in [0.4, 0.5) is 0 Å². The van der Waals surface area contributed by atoms with Gasteiger partial charge in [0, 0.05) is 33.7 Å². The molecule has 17 heavy (non-hydrogen) atoms. The predicted octanol–water partition coefficient (Wildman–Crippen LogP) is 1.15. The van der Waals surface area contributed by atoms with E-state index >= 15 is 0 Å². The van der Waals surface area contributed by atoms with E-state index in [2.05, 4.69) is 34.4 Å². The first-order valence-electron chi connectivity index (χ1n) is 6.76. The van der Waals surface area contributed by atoms with Crippen LogP contribution in [-0.2, 0) is 0 Å². The summed E-state index contributed by atoms with van der Waals surface area (Å²) in [5.74, 6) is 2.60. The number of guanidine groups is 1. The molecule has 0 aliphatic carbocycles. The lowest BCUT2D eigenvalue weighted by Gasteiger charge is -2.34. The molecule has 0 bridgehead atoms. The minimum absolute atomic E-state index is 0.858. The molecule has 0 aromatic carbocycles. The van der Waals surface area contributed by atoms with E-state index in [0.717, 1.165) is 24.3 Å². The van der Waals surface area contributed by atoms with Crippen LogP contribution in [0.3, 0.4) is 0 Å². The van der Waals surface area contributed by atoms with E-state index in [-0.39, 0.29) is 0 Å². The molecular weight excluding hydrogens is 212 g/mol. The van der Waals surface area contributed by atoms with Crippen molar-refractivity contribution in [2.45, 2.75) is 26.7 Å². The van der Waals surface area contributed by atoms with Crippen molar-refractivity contribution in [3.63, 3.8) is 0 Å². The summed E-state index contributed by atoms with van der Waals surface area (Å²) >= 11 is 0. The predicted molar refractivity (Wildman–Crippen MR) is 74.4 cm³/mol. The van der Waals surface area contributed by atoms with Gasteiger partial charge in [0.1, 0.15) is 0 Å². The highest BCUT2D eigenvalue weighted by Gasteiger charge is 2.20. The fourth-order valence-electron chi connectivity index (χ4n) is 2.76. The van der Waals surface area contributed by atoms with Gasteiger partial charge in [0.25, 0.3) is 0 Å². The first-order valence-corrected chi connectivity index (χ1v) is 6.76. The van der Waals surface area contributed by atoms with Crippen molar-refractivity contribution in [1.82, 2.24) is 15.5 Å². The van der Waals surface area contributed by atoms with Crippen molar-refractivity contribution in [3.05, 3.63) is 0 Å². The Labute approximate surface area is 106 Å². The Morgan fingerprint density at radius 3 is 2.47 bits per heavy atom. The first-order chi connectivity index (χ1) is 8.15. The van der Waals surface area contributed by atoms with Gasteiger partial charge in [-0.1, -0.05) is 13.8 Å². The van der Waals surface area contributed by atoms with Gasteiger partial charge in [-0.3, -0.25) is 4.99 Å². The van der Waals surface area contributed by atoms with Crippen LogP contribution >= 0.6 is 0 Å². The van der Waals surface area contributed by atoms with Crippen LogP contribution < -0.4 is 10.6 Å². The molecule has 1 aliphatic heterocycles. The van der Waals surface area contributed by atoms with Gasteiger partial charge in [0.15, 0.2) is 5.96 Å². The number of rotatable bonds is 4. The zero-order valence-electron chi connectivity index (χ0n) is 11.8. The third-order valence-corrected chi connectivity index (χ3v) is 3.35. The molecule has 1 fully saturated rings. The quantitative estimate of drug-likeness (QED) is 0.440. The van der Waals surface area contributed by atoms with Gasteiger partial charge in [0.05, 0.1) is 0 Å². The molecule has 0 spiro atoms.